The number of carbonyl (C=O) groups excluding carboxylic acids is 1. The zero-order chi connectivity index (χ0) is 17.4. The third-order valence-corrected chi connectivity index (χ3v) is 3.67. The Morgan fingerprint density at radius 2 is 1.75 bits per heavy atom. The number of carboxylic acid groups (broad SMARTS) is 1. The lowest BCUT2D eigenvalue weighted by Gasteiger charge is -2.16. The van der Waals surface area contributed by atoms with Gasteiger partial charge in [0.25, 0.3) is 5.91 Å². The summed E-state index contributed by atoms with van der Waals surface area (Å²) in [6.45, 7) is 0.0926. The van der Waals surface area contributed by atoms with Crippen molar-refractivity contribution in [2.75, 3.05) is 13.2 Å². The van der Waals surface area contributed by atoms with Crippen molar-refractivity contribution in [1.82, 2.24) is 5.32 Å². The number of benzene rings is 2. The maximum atomic E-state index is 11.9. The second-order valence-corrected chi connectivity index (χ2v) is 5.69. The fraction of sp³-hybridized carbons (Fsp3) is 0.222. The SMILES string of the molecule is O=C(O)C[C@H](CNC(=O)COc1ccc(Cl)cc1)c1ccccc1. The molecule has 0 bridgehead atoms. The van der Waals surface area contributed by atoms with Gasteiger partial charge in [-0.1, -0.05) is 41.9 Å². The Labute approximate surface area is 145 Å². The summed E-state index contributed by atoms with van der Waals surface area (Å²) in [6.07, 6.45) is -0.0532. The van der Waals surface area contributed by atoms with E-state index < -0.39 is 5.97 Å². The number of halogens is 1. The van der Waals surface area contributed by atoms with Crippen LogP contribution in [0.1, 0.15) is 17.9 Å². The third kappa shape index (κ3) is 5.93. The first-order chi connectivity index (χ1) is 11.5. The number of nitrogens with one attached hydrogen (secondary N) is 1. The fourth-order valence-electron chi connectivity index (χ4n) is 2.21. The molecule has 0 fully saturated rings. The normalized spacial score (nSPS) is 11.5. The van der Waals surface area contributed by atoms with Crippen LogP contribution < -0.4 is 10.1 Å². The number of amides is 1. The molecule has 1 atom stereocenters. The predicted molar refractivity (Wildman–Crippen MR) is 91.4 cm³/mol. The highest BCUT2D eigenvalue weighted by Gasteiger charge is 2.16. The highest BCUT2D eigenvalue weighted by atomic mass is 35.5. The van der Waals surface area contributed by atoms with Gasteiger partial charge in [-0.2, -0.15) is 0 Å². The minimum atomic E-state index is -0.907. The molecule has 2 rings (SSSR count). The average molecular weight is 348 g/mol. The van der Waals surface area contributed by atoms with Gasteiger partial charge in [0, 0.05) is 17.5 Å². The van der Waals surface area contributed by atoms with E-state index in [0.29, 0.717) is 10.8 Å². The first kappa shape index (κ1) is 17.8. The highest BCUT2D eigenvalue weighted by molar-refractivity contribution is 6.30. The van der Waals surface area contributed by atoms with Crippen LogP contribution in [0, 0.1) is 0 Å². The van der Waals surface area contributed by atoms with Crippen molar-refractivity contribution < 1.29 is 19.4 Å². The molecule has 0 aliphatic carbocycles. The predicted octanol–water partition coefficient (Wildman–Crippen LogP) is 3.09. The lowest BCUT2D eigenvalue weighted by molar-refractivity contribution is -0.137. The molecule has 6 heteroatoms. The van der Waals surface area contributed by atoms with Gasteiger partial charge in [0.15, 0.2) is 6.61 Å². The first-order valence-electron chi connectivity index (χ1n) is 7.46. The molecule has 0 radical (unpaired) electrons. The van der Waals surface area contributed by atoms with E-state index >= 15 is 0 Å². The van der Waals surface area contributed by atoms with Gasteiger partial charge in [0.05, 0.1) is 6.42 Å². The topological polar surface area (TPSA) is 75.6 Å². The van der Waals surface area contributed by atoms with Crippen molar-refractivity contribution in [3.63, 3.8) is 0 Å². The Morgan fingerprint density at radius 1 is 1.08 bits per heavy atom. The van der Waals surface area contributed by atoms with Crippen LogP contribution >= 0.6 is 11.6 Å². The van der Waals surface area contributed by atoms with Gasteiger partial charge in [0.1, 0.15) is 5.75 Å². The van der Waals surface area contributed by atoms with Crippen LogP contribution in [0.15, 0.2) is 54.6 Å². The van der Waals surface area contributed by atoms with Crippen LogP contribution in [-0.2, 0) is 9.59 Å². The Bertz CT molecular complexity index is 673. The molecule has 0 saturated carbocycles. The lowest BCUT2D eigenvalue weighted by atomic mass is 9.96. The number of hydrogen-bond acceptors (Lipinski definition) is 3. The highest BCUT2D eigenvalue weighted by Crippen LogP contribution is 2.19. The van der Waals surface area contributed by atoms with Gasteiger partial charge < -0.3 is 15.2 Å². The number of rotatable bonds is 8. The molecule has 0 aliphatic heterocycles. The molecule has 0 heterocycles. The molecule has 0 spiro atoms. The third-order valence-electron chi connectivity index (χ3n) is 3.42. The fourth-order valence-corrected chi connectivity index (χ4v) is 2.34. The van der Waals surface area contributed by atoms with Gasteiger partial charge in [-0.05, 0) is 29.8 Å². The van der Waals surface area contributed by atoms with Crippen LogP contribution in [0.3, 0.4) is 0 Å². The van der Waals surface area contributed by atoms with Crippen molar-refractivity contribution in [1.29, 1.82) is 0 Å². The molecule has 0 aliphatic rings. The second-order valence-electron chi connectivity index (χ2n) is 5.25. The molecule has 5 nitrogen and oxygen atoms in total. The van der Waals surface area contributed by atoms with Crippen LogP contribution in [0.2, 0.25) is 5.02 Å². The van der Waals surface area contributed by atoms with Gasteiger partial charge in [-0.3, -0.25) is 9.59 Å². The molecule has 1 amide bonds. The number of hydrogen-bond donors (Lipinski definition) is 2. The Balaban J connectivity index is 1.85. The molecule has 0 unspecified atom stereocenters. The van der Waals surface area contributed by atoms with Crippen molar-refractivity contribution >= 4 is 23.5 Å². The maximum absolute atomic E-state index is 11.9. The zero-order valence-electron chi connectivity index (χ0n) is 12.9. The smallest absolute Gasteiger partial charge is 0.304 e. The maximum Gasteiger partial charge on any atom is 0.304 e. The molecule has 2 N–H and O–H groups in total. The van der Waals surface area contributed by atoms with Crippen LogP contribution in [0.4, 0.5) is 0 Å². The lowest BCUT2D eigenvalue weighted by Crippen LogP contribution is -2.33. The van der Waals surface area contributed by atoms with Gasteiger partial charge in [0.2, 0.25) is 0 Å². The molecule has 2 aromatic rings. The summed E-state index contributed by atoms with van der Waals surface area (Å²) in [6, 6.07) is 15.9. The Morgan fingerprint density at radius 3 is 2.38 bits per heavy atom. The van der Waals surface area contributed by atoms with E-state index in [1.165, 1.54) is 0 Å². The van der Waals surface area contributed by atoms with Gasteiger partial charge in [-0.15, -0.1) is 0 Å². The van der Waals surface area contributed by atoms with Crippen molar-refractivity contribution in [3.8, 4) is 5.75 Å². The van der Waals surface area contributed by atoms with Gasteiger partial charge in [-0.25, -0.2) is 0 Å². The molecule has 24 heavy (non-hydrogen) atoms. The zero-order valence-corrected chi connectivity index (χ0v) is 13.7. The molecular weight excluding hydrogens is 330 g/mol. The average Bonchev–Trinajstić information content (AvgIpc) is 2.58. The largest absolute Gasteiger partial charge is 0.484 e. The quantitative estimate of drug-likeness (QED) is 0.769. The van der Waals surface area contributed by atoms with Crippen molar-refractivity contribution in [2.45, 2.75) is 12.3 Å². The monoisotopic (exact) mass is 347 g/mol. The molecule has 126 valence electrons. The summed E-state index contributed by atoms with van der Waals surface area (Å²) in [7, 11) is 0. The first-order valence-corrected chi connectivity index (χ1v) is 7.84. The van der Waals surface area contributed by atoms with E-state index in [1.54, 1.807) is 24.3 Å². The number of carboxylic acids is 1. The number of carbonyl (C=O) groups is 2. The minimum Gasteiger partial charge on any atom is -0.484 e. The molecule has 2 aromatic carbocycles. The molecule has 0 aromatic heterocycles. The summed E-state index contributed by atoms with van der Waals surface area (Å²) in [4.78, 5) is 22.9. The summed E-state index contributed by atoms with van der Waals surface area (Å²) in [5.74, 6) is -0.963. The minimum absolute atomic E-state index is 0.0532. The Kier molecular flexibility index (Phi) is 6.63. The van der Waals surface area contributed by atoms with E-state index in [1.807, 2.05) is 30.3 Å². The van der Waals surface area contributed by atoms with Crippen LogP contribution in [0.25, 0.3) is 0 Å². The molecular formula is C18H18ClNO4. The number of ether oxygens (including phenoxy) is 1. The number of aliphatic carboxylic acids is 1. The van der Waals surface area contributed by atoms with Gasteiger partial charge >= 0.3 is 5.97 Å². The van der Waals surface area contributed by atoms with E-state index in [2.05, 4.69) is 5.32 Å². The van der Waals surface area contributed by atoms with Crippen molar-refractivity contribution in [2.24, 2.45) is 0 Å². The summed E-state index contributed by atoms with van der Waals surface area (Å²) in [5, 5.41) is 12.3. The standard InChI is InChI=1S/C18H18ClNO4/c19-15-6-8-16(9-7-15)24-12-17(21)20-11-14(10-18(22)23)13-4-2-1-3-5-13/h1-9,14H,10-12H2,(H,20,21)(H,22,23)/t14-/m1/s1. The van der Waals surface area contributed by atoms with Crippen LogP contribution in [-0.4, -0.2) is 30.1 Å². The molecule has 0 saturated heterocycles. The van der Waals surface area contributed by atoms with E-state index in [0.717, 1.165) is 5.56 Å². The van der Waals surface area contributed by atoms with Crippen molar-refractivity contribution in [3.05, 3.63) is 65.2 Å². The van der Waals surface area contributed by atoms with E-state index in [-0.39, 0.29) is 31.4 Å². The summed E-state index contributed by atoms with van der Waals surface area (Å²) >= 11 is 5.78. The van der Waals surface area contributed by atoms with Crippen LogP contribution in [0.5, 0.6) is 5.75 Å². The van der Waals surface area contributed by atoms with E-state index in [4.69, 9.17) is 21.4 Å². The van der Waals surface area contributed by atoms with E-state index in [9.17, 15) is 9.59 Å². The second kappa shape index (κ2) is 8.93. The summed E-state index contributed by atoms with van der Waals surface area (Å²) in [5.41, 5.74) is 0.874. The summed E-state index contributed by atoms with van der Waals surface area (Å²) < 4.78 is 5.35. The Hall–Kier alpha value is -2.53.